The number of rotatable bonds is 5. The average molecular weight is 426 g/mol. The number of nitriles is 1. The molecule has 8 nitrogen and oxygen atoms in total. The Hall–Kier alpha value is -4.12. The molecule has 160 valence electrons. The van der Waals surface area contributed by atoms with Crippen LogP contribution in [0.25, 0.3) is 22.3 Å². The van der Waals surface area contributed by atoms with E-state index in [-0.39, 0.29) is 12.0 Å². The Labute approximate surface area is 185 Å². The number of nitrogens with zero attached hydrogens (tertiary/aromatic N) is 4. The quantitative estimate of drug-likeness (QED) is 0.484. The normalized spacial score (nSPS) is 13.7. The van der Waals surface area contributed by atoms with Crippen LogP contribution in [0.15, 0.2) is 49.1 Å². The number of H-pyrrole nitrogens is 1. The van der Waals surface area contributed by atoms with Crippen LogP contribution in [-0.2, 0) is 0 Å². The summed E-state index contributed by atoms with van der Waals surface area (Å²) in [6.45, 7) is 5.44. The highest BCUT2D eigenvalue weighted by Gasteiger charge is 2.21. The first kappa shape index (κ1) is 19.8. The van der Waals surface area contributed by atoms with Crippen molar-refractivity contribution in [3.8, 4) is 28.8 Å². The number of anilines is 1. The Kier molecular flexibility index (Phi) is 5.07. The number of nitrogens with one attached hydrogen (secondary N) is 2. The van der Waals surface area contributed by atoms with Crippen LogP contribution in [0.1, 0.15) is 31.0 Å². The first-order valence-corrected chi connectivity index (χ1v) is 10.5. The molecular weight excluding hydrogens is 404 g/mol. The lowest BCUT2D eigenvalue weighted by atomic mass is 9.95. The van der Waals surface area contributed by atoms with Crippen molar-refractivity contribution < 1.29 is 9.47 Å². The molecule has 3 aromatic heterocycles. The summed E-state index contributed by atoms with van der Waals surface area (Å²) in [5, 5.41) is 13.6. The Bertz CT molecular complexity index is 1320. The van der Waals surface area contributed by atoms with Crippen molar-refractivity contribution in [3.05, 3.63) is 60.2 Å². The SMILES string of the molecule is CC(C)[C@@H](Nc1ncnc2[nH]c(-c3cncc(C#N)c3)cc12)c1ccc2c(c1)OCCO2. The smallest absolute Gasteiger partial charge is 0.161 e. The molecule has 1 aromatic carbocycles. The molecule has 0 aliphatic carbocycles. The van der Waals surface area contributed by atoms with E-state index in [0.717, 1.165) is 39.5 Å². The molecule has 0 amide bonds. The monoisotopic (exact) mass is 426 g/mol. The second kappa shape index (κ2) is 8.19. The number of fused-ring (bicyclic) bond motifs is 2. The lowest BCUT2D eigenvalue weighted by Crippen LogP contribution is -2.19. The molecule has 4 aromatic rings. The molecule has 1 aliphatic rings. The van der Waals surface area contributed by atoms with Gasteiger partial charge in [-0.25, -0.2) is 9.97 Å². The molecule has 0 unspecified atom stereocenters. The van der Waals surface area contributed by atoms with Crippen molar-refractivity contribution in [3.63, 3.8) is 0 Å². The minimum atomic E-state index is 0.00543. The molecule has 0 fully saturated rings. The molecule has 32 heavy (non-hydrogen) atoms. The van der Waals surface area contributed by atoms with Crippen molar-refractivity contribution in [1.29, 1.82) is 5.26 Å². The van der Waals surface area contributed by atoms with Crippen LogP contribution in [-0.4, -0.2) is 33.1 Å². The highest BCUT2D eigenvalue weighted by molar-refractivity contribution is 5.91. The number of ether oxygens (including phenoxy) is 2. The molecule has 2 N–H and O–H groups in total. The summed E-state index contributed by atoms with van der Waals surface area (Å²) in [4.78, 5) is 16.4. The van der Waals surface area contributed by atoms with Gasteiger partial charge >= 0.3 is 0 Å². The number of aromatic nitrogens is 4. The number of hydrogen-bond donors (Lipinski definition) is 2. The molecule has 0 saturated heterocycles. The third-order valence-corrected chi connectivity index (χ3v) is 5.49. The van der Waals surface area contributed by atoms with Crippen LogP contribution >= 0.6 is 0 Å². The summed E-state index contributed by atoms with van der Waals surface area (Å²) in [5.41, 5.74) is 3.96. The summed E-state index contributed by atoms with van der Waals surface area (Å²) in [6.07, 6.45) is 4.80. The predicted octanol–water partition coefficient (Wildman–Crippen LogP) is 4.47. The van der Waals surface area contributed by atoms with Gasteiger partial charge in [0.15, 0.2) is 11.5 Å². The second-order valence-corrected chi connectivity index (χ2v) is 8.01. The van der Waals surface area contributed by atoms with E-state index >= 15 is 0 Å². The molecule has 0 bridgehead atoms. The molecule has 8 heteroatoms. The molecule has 0 spiro atoms. The van der Waals surface area contributed by atoms with Crippen LogP contribution in [0.3, 0.4) is 0 Å². The van der Waals surface area contributed by atoms with Crippen molar-refractivity contribution in [2.24, 2.45) is 5.92 Å². The van der Waals surface area contributed by atoms with Gasteiger partial charge in [-0.1, -0.05) is 19.9 Å². The van der Waals surface area contributed by atoms with E-state index in [2.05, 4.69) is 51.2 Å². The van der Waals surface area contributed by atoms with Gasteiger partial charge < -0.3 is 19.8 Å². The highest BCUT2D eigenvalue weighted by Crippen LogP contribution is 2.36. The zero-order valence-corrected chi connectivity index (χ0v) is 17.8. The van der Waals surface area contributed by atoms with Gasteiger partial charge in [-0.05, 0) is 35.7 Å². The molecule has 5 rings (SSSR count). The van der Waals surface area contributed by atoms with E-state index in [1.54, 1.807) is 18.5 Å². The number of pyridine rings is 1. The first-order chi connectivity index (χ1) is 15.6. The van der Waals surface area contributed by atoms with Crippen LogP contribution < -0.4 is 14.8 Å². The fourth-order valence-electron chi connectivity index (χ4n) is 3.89. The van der Waals surface area contributed by atoms with Gasteiger partial charge in [0.1, 0.15) is 37.1 Å². The maximum Gasteiger partial charge on any atom is 0.161 e. The minimum Gasteiger partial charge on any atom is -0.486 e. The molecule has 1 aliphatic heterocycles. The van der Waals surface area contributed by atoms with Crippen molar-refractivity contribution >= 4 is 16.9 Å². The Morgan fingerprint density at radius 3 is 2.72 bits per heavy atom. The van der Waals surface area contributed by atoms with E-state index in [0.29, 0.717) is 24.4 Å². The van der Waals surface area contributed by atoms with Crippen LogP contribution in [0.2, 0.25) is 0 Å². The third kappa shape index (κ3) is 3.69. The molecule has 1 atom stereocenters. The molecule has 4 heterocycles. The second-order valence-electron chi connectivity index (χ2n) is 8.01. The van der Waals surface area contributed by atoms with Gasteiger partial charge in [-0.2, -0.15) is 5.26 Å². The van der Waals surface area contributed by atoms with E-state index in [9.17, 15) is 5.26 Å². The average Bonchev–Trinajstić information content (AvgIpc) is 3.27. The number of hydrogen-bond acceptors (Lipinski definition) is 7. The zero-order chi connectivity index (χ0) is 22.1. The summed E-state index contributed by atoms with van der Waals surface area (Å²) in [6, 6.07) is 12.0. The van der Waals surface area contributed by atoms with Crippen molar-refractivity contribution in [2.45, 2.75) is 19.9 Å². The summed E-state index contributed by atoms with van der Waals surface area (Å²) in [5.74, 6) is 2.56. The largest absolute Gasteiger partial charge is 0.486 e. The van der Waals surface area contributed by atoms with E-state index in [1.165, 1.54) is 6.33 Å². The van der Waals surface area contributed by atoms with Crippen LogP contribution in [0.5, 0.6) is 11.5 Å². The fourth-order valence-corrected chi connectivity index (χ4v) is 3.89. The Morgan fingerprint density at radius 2 is 1.91 bits per heavy atom. The van der Waals surface area contributed by atoms with Crippen LogP contribution in [0, 0.1) is 17.2 Å². The number of aromatic amines is 1. The summed E-state index contributed by atoms with van der Waals surface area (Å²) < 4.78 is 11.4. The van der Waals surface area contributed by atoms with Crippen LogP contribution in [0.4, 0.5) is 5.82 Å². The molecule has 0 radical (unpaired) electrons. The topological polar surface area (TPSA) is 109 Å². The Balaban J connectivity index is 1.51. The molecule has 0 saturated carbocycles. The maximum atomic E-state index is 9.18. The lowest BCUT2D eigenvalue weighted by Gasteiger charge is -2.26. The Morgan fingerprint density at radius 1 is 1.06 bits per heavy atom. The first-order valence-electron chi connectivity index (χ1n) is 10.5. The van der Waals surface area contributed by atoms with Gasteiger partial charge in [0, 0.05) is 23.7 Å². The number of benzene rings is 1. The lowest BCUT2D eigenvalue weighted by molar-refractivity contribution is 0.171. The zero-order valence-electron chi connectivity index (χ0n) is 17.8. The van der Waals surface area contributed by atoms with Crippen molar-refractivity contribution in [1.82, 2.24) is 19.9 Å². The van der Waals surface area contributed by atoms with Gasteiger partial charge in [0.25, 0.3) is 0 Å². The highest BCUT2D eigenvalue weighted by atomic mass is 16.6. The molecular formula is C24H22N6O2. The van der Waals surface area contributed by atoms with E-state index in [4.69, 9.17) is 9.47 Å². The van der Waals surface area contributed by atoms with E-state index < -0.39 is 0 Å². The standard InChI is InChI=1S/C24H22N6O2/c1-14(2)22(16-3-4-20-21(8-16)32-6-5-31-20)30-24-18-9-19(29-23(18)27-13-28-24)17-7-15(10-25)11-26-12-17/h3-4,7-9,11-14,22H,5-6H2,1-2H3,(H2,27,28,29,30)/t22-/m1/s1. The van der Waals surface area contributed by atoms with Crippen molar-refractivity contribution in [2.75, 3.05) is 18.5 Å². The maximum absolute atomic E-state index is 9.18. The fraction of sp³-hybridized carbons (Fsp3) is 0.250. The third-order valence-electron chi connectivity index (χ3n) is 5.49. The van der Waals surface area contributed by atoms with Gasteiger partial charge in [0.2, 0.25) is 0 Å². The van der Waals surface area contributed by atoms with E-state index in [1.807, 2.05) is 18.2 Å². The predicted molar refractivity (Wildman–Crippen MR) is 120 cm³/mol. The van der Waals surface area contributed by atoms with Gasteiger partial charge in [-0.3, -0.25) is 4.98 Å². The minimum absolute atomic E-state index is 0.00543. The van der Waals surface area contributed by atoms with Gasteiger partial charge in [0.05, 0.1) is 17.0 Å². The summed E-state index contributed by atoms with van der Waals surface area (Å²) >= 11 is 0. The summed E-state index contributed by atoms with van der Waals surface area (Å²) in [7, 11) is 0. The van der Waals surface area contributed by atoms with Gasteiger partial charge in [-0.15, -0.1) is 0 Å².